The molecule has 12 N–H and O–H groups in total. The maximum Gasteiger partial charge on any atom is 0.335 e. The molecule has 0 aliphatic carbocycles. The van der Waals surface area contributed by atoms with E-state index >= 15 is 0 Å². The molecule has 36 heteroatoms. The summed E-state index contributed by atoms with van der Waals surface area (Å²) in [7, 11) is 3.03. The number of fused-ring (bicyclic) bond motifs is 3. The molecule has 7 aromatic carbocycles. The van der Waals surface area contributed by atoms with Crippen molar-refractivity contribution >= 4 is 56.9 Å². The largest absolute Gasteiger partial charge is 0.496 e. The number of aliphatic hydroxyl groups excluding tert-OH is 4. The molecule has 31 nitrogen and oxygen atoms in total. The minimum absolute atomic E-state index is 0.00522. The van der Waals surface area contributed by atoms with E-state index in [1.54, 1.807) is 157 Å². The van der Waals surface area contributed by atoms with Gasteiger partial charge in [0.25, 0.3) is 0 Å². The molecule has 0 amide bonds. The topological polar surface area (TPSA) is 455 Å². The Morgan fingerprint density at radius 2 is 0.746 bits per heavy atom. The Kier molecular flexibility index (Phi) is 37.5. The second kappa shape index (κ2) is 47.3. The van der Waals surface area contributed by atoms with E-state index in [9.17, 15) is 67.0 Å². The summed E-state index contributed by atoms with van der Waals surface area (Å²) in [5.41, 5.74) is 7.85. The maximum atomic E-state index is 13.8. The first-order valence-electron chi connectivity index (χ1n) is 46.0. The molecule has 3 aromatic heterocycles. The molecule has 766 valence electrons. The fraction of sp³-hybridized carbons (Fsp3) is 0.425. The average Bonchev–Trinajstić information content (AvgIpc) is 1.60. The molecule has 142 heavy (non-hydrogen) atoms. The summed E-state index contributed by atoms with van der Waals surface area (Å²) in [6.45, 7) is 29.1. The fourth-order valence-corrected chi connectivity index (χ4v) is 16.8. The van der Waals surface area contributed by atoms with Gasteiger partial charge in [0.05, 0.1) is 124 Å². The first-order chi connectivity index (χ1) is 66.5. The lowest BCUT2D eigenvalue weighted by molar-refractivity contribution is -0.0943. The van der Waals surface area contributed by atoms with Crippen molar-refractivity contribution < 1.29 is 129 Å². The van der Waals surface area contributed by atoms with Crippen molar-refractivity contribution in [2.45, 2.75) is 223 Å². The van der Waals surface area contributed by atoms with E-state index in [4.69, 9.17) is 89.6 Å². The zero-order valence-electron chi connectivity index (χ0n) is 83.5. The van der Waals surface area contributed by atoms with Crippen LogP contribution in [0.3, 0.4) is 0 Å². The number of pyridine rings is 3. The van der Waals surface area contributed by atoms with Gasteiger partial charge in [0.1, 0.15) is 90.9 Å². The molecular formula is C106H129ClF2N6O25S2. The van der Waals surface area contributed by atoms with Gasteiger partial charge in [-0.3, -0.25) is 14.4 Å². The summed E-state index contributed by atoms with van der Waals surface area (Å²) < 4.78 is 120. The van der Waals surface area contributed by atoms with Gasteiger partial charge < -0.3 is 98.7 Å². The van der Waals surface area contributed by atoms with Gasteiger partial charge in [-0.2, -0.15) is 0 Å². The van der Waals surface area contributed by atoms with Crippen LogP contribution in [-0.2, 0) is 66.7 Å². The van der Waals surface area contributed by atoms with Crippen LogP contribution in [0, 0.1) is 11.6 Å². The van der Waals surface area contributed by atoms with E-state index in [1.807, 2.05) is 74.4 Å². The van der Waals surface area contributed by atoms with Gasteiger partial charge in [-0.05, 0) is 276 Å². The van der Waals surface area contributed by atoms with E-state index in [1.165, 1.54) is 71.8 Å². The zero-order chi connectivity index (χ0) is 105. The molecule has 13 rings (SSSR count). The van der Waals surface area contributed by atoms with Gasteiger partial charge in [0.15, 0.2) is 75.4 Å². The second-order valence-electron chi connectivity index (χ2n) is 38.5. The lowest BCUT2D eigenvalue weighted by Crippen LogP contribution is -2.47. The van der Waals surface area contributed by atoms with Gasteiger partial charge in [0, 0.05) is 79.9 Å². The van der Waals surface area contributed by atoms with Crippen molar-refractivity contribution in [2.75, 3.05) is 68.1 Å². The molecule has 0 saturated carbocycles. The molecule has 8 unspecified atom stereocenters. The summed E-state index contributed by atoms with van der Waals surface area (Å²) in [6, 6.07) is 43.0. The third-order valence-electron chi connectivity index (χ3n) is 23.4. The van der Waals surface area contributed by atoms with Gasteiger partial charge in [-0.1, -0.05) is 29.8 Å². The highest BCUT2D eigenvalue weighted by molar-refractivity contribution is 7.84. The van der Waals surface area contributed by atoms with Crippen LogP contribution in [0.4, 0.5) is 8.78 Å². The number of aliphatic hydroxyl groups is 7. The highest BCUT2D eigenvalue weighted by Crippen LogP contribution is 2.50. The third kappa shape index (κ3) is 29.0. The normalized spacial score (nSPS) is 18.1. The summed E-state index contributed by atoms with van der Waals surface area (Å²) >= 11 is 6.15. The minimum Gasteiger partial charge on any atom is -0.496 e. The van der Waals surface area contributed by atoms with Gasteiger partial charge in [-0.15, -0.1) is 0 Å². The lowest BCUT2D eigenvalue weighted by Gasteiger charge is -2.30. The number of aromatic carboxylic acids is 1. The third-order valence-corrected chi connectivity index (χ3v) is 27.2. The number of carbonyl (C=O) groups is 4. The van der Waals surface area contributed by atoms with Crippen molar-refractivity contribution in [2.24, 2.45) is 5.73 Å². The number of carbonyl (C=O) groups excluding carboxylic acids is 3. The summed E-state index contributed by atoms with van der Waals surface area (Å²) in [5, 5.41) is 81.7. The number of ketones is 3. The molecule has 0 bridgehead atoms. The lowest BCUT2D eigenvalue weighted by atomic mass is 9.88. The van der Waals surface area contributed by atoms with Crippen molar-refractivity contribution in [3.05, 3.63) is 242 Å². The van der Waals surface area contributed by atoms with Crippen LogP contribution in [0.5, 0.6) is 57.5 Å². The standard InChI is InChI=1S/C33H41ClN2O7S.C33H41FN2O7S.C29H33FN2O6.C11H14O5/c2*1-20(37)18-42-26-13-10-22(16-27(26)41-7)25(38)14-15-33(6,39)28-17-24-30(29(35-28)21-8-11-23(34)12-9-21)43-19-32(24,5)36-44(40)31(2,3)4;1-17(33)15-37-23-10-7-19(13-24(23)36-4)22(34)11-12-29(3,35)25-14-21-27(38-16-28(21,2)31)26(32-25)18-5-8-20(30)9-6-18;1-7(12)16-6-9-4-3-8(11(13)14)5-10(9)15-2/h2*8-13,16-17,20,36-37,39H,14-15,18-19H2,1-7H3;5-10,13-14,17,33,35H,11-12,15-16,31H2,1-4H3;3-5,7,12H,6H2,1-2H3,(H,13,14)/t2*20-,32?,33?,44?;17-,28?,29?;7-/m1110/s1. The monoisotopic (exact) mass is 2020 g/mol. The van der Waals surface area contributed by atoms with Crippen LogP contribution in [0.2, 0.25) is 5.02 Å². The Morgan fingerprint density at radius 1 is 0.444 bits per heavy atom. The number of nitrogens with two attached hydrogens (primary N) is 1. The summed E-state index contributed by atoms with van der Waals surface area (Å²) in [4.78, 5) is 64.5. The number of nitrogens with zero attached hydrogens (tertiary/aromatic N) is 3. The van der Waals surface area contributed by atoms with Crippen molar-refractivity contribution in [3.63, 3.8) is 0 Å². The number of rotatable bonds is 39. The fourth-order valence-electron chi connectivity index (χ4n) is 14.9. The molecule has 0 fully saturated rings. The first-order valence-corrected chi connectivity index (χ1v) is 48.7. The SMILES string of the molecule is COc1cc(C(=O)CCC(C)(O)c2cc3c(c(-c4ccc(Cl)cc4)n2)OCC3(C)NS(=O)C(C)(C)C)ccc1OC[C@@H](C)O.COc1cc(C(=O)CCC(C)(O)c2cc3c(c(-c4ccc(F)cc4)n2)OCC3(C)N)ccc1OC[C@@H](C)O.COc1cc(C(=O)CCC(C)(O)c2cc3c(c(-c4ccc(F)cc4)n2)OCC3(C)NS(=O)C(C)(C)C)ccc1OC[C@@H](C)O.COc1cc(C(=O)O)ccc1CO[C@@H](C)O. The number of carboxylic acid groups (broad SMARTS) is 1. The van der Waals surface area contributed by atoms with Crippen LogP contribution < -0.4 is 62.5 Å². The predicted octanol–water partition coefficient (Wildman–Crippen LogP) is 16.2. The molecule has 0 radical (unpaired) electrons. The number of methoxy groups -OCH3 is 4. The Bertz CT molecular complexity index is 5940. The van der Waals surface area contributed by atoms with Gasteiger partial charge in [0.2, 0.25) is 0 Å². The predicted molar refractivity (Wildman–Crippen MR) is 535 cm³/mol. The Labute approximate surface area is 836 Å². The van der Waals surface area contributed by atoms with Crippen LogP contribution in [0.15, 0.2) is 164 Å². The molecule has 3 aliphatic rings. The molecular weight excluding hydrogens is 1890 g/mol. The van der Waals surface area contributed by atoms with Gasteiger partial charge in [-0.25, -0.2) is 46.4 Å². The van der Waals surface area contributed by atoms with E-state index < -0.39 is 101 Å². The number of aromatic nitrogens is 3. The quantitative estimate of drug-likeness (QED) is 0.0126. The van der Waals surface area contributed by atoms with Gasteiger partial charge >= 0.3 is 5.97 Å². The Balaban J connectivity index is 0.000000203. The zero-order valence-corrected chi connectivity index (χ0v) is 85.9. The number of benzene rings is 7. The van der Waals surface area contributed by atoms with Crippen LogP contribution >= 0.6 is 11.6 Å². The van der Waals surface area contributed by atoms with E-state index in [2.05, 4.69) is 14.4 Å². The number of hydrogen-bond acceptors (Lipinski definition) is 28. The van der Waals surface area contributed by atoms with Crippen LogP contribution in [-0.4, -0.2) is 190 Å². The van der Waals surface area contributed by atoms with E-state index in [-0.39, 0.29) is 114 Å². The molecule has 6 heterocycles. The van der Waals surface area contributed by atoms with Crippen LogP contribution in [0.1, 0.15) is 230 Å². The summed E-state index contributed by atoms with van der Waals surface area (Å²) in [6.07, 6.45) is -2.57. The molecule has 12 atom stereocenters. The molecule has 0 spiro atoms. The van der Waals surface area contributed by atoms with Crippen LogP contribution in [0.25, 0.3) is 33.8 Å². The highest BCUT2D eigenvalue weighted by Gasteiger charge is 2.47. The van der Waals surface area contributed by atoms with Crippen molar-refractivity contribution in [3.8, 4) is 91.3 Å². The number of nitrogens with one attached hydrogen (secondary N) is 2. The number of hydrogen-bond donors (Lipinski definition) is 11. The van der Waals surface area contributed by atoms with E-state index in [0.29, 0.717) is 147 Å². The highest BCUT2D eigenvalue weighted by atomic mass is 35.5. The van der Waals surface area contributed by atoms with E-state index in [0.717, 1.165) is 5.56 Å². The molecule has 3 aliphatic heterocycles. The Hall–Kier alpha value is -11.5. The minimum atomic E-state index is -1.55. The number of carboxylic acids is 1. The maximum absolute atomic E-state index is 13.8. The summed E-state index contributed by atoms with van der Waals surface area (Å²) in [5.74, 6) is 1.85. The first kappa shape index (κ1) is 112. The number of halogens is 3. The smallest absolute Gasteiger partial charge is 0.335 e. The number of ether oxygens (including phenoxy) is 11. The number of Topliss-reactive ketones (excluding diaryl/α,β-unsaturated/α-hetero) is 3. The van der Waals surface area contributed by atoms with Crippen molar-refractivity contribution in [1.29, 1.82) is 0 Å². The Morgan fingerprint density at radius 3 is 1.06 bits per heavy atom. The second-order valence-corrected chi connectivity index (χ2v) is 42.9. The van der Waals surface area contributed by atoms with Crippen molar-refractivity contribution in [1.82, 2.24) is 24.4 Å². The average molecular weight is 2020 g/mol. The molecule has 10 aromatic rings. The molecule has 0 saturated heterocycles.